The molecule has 0 unspecified atom stereocenters. The number of rotatable bonds is 6. The van der Waals surface area contributed by atoms with Gasteiger partial charge in [-0.25, -0.2) is 13.1 Å². The lowest BCUT2D eigenvalue weighted by Gasteiger charge is -2.22. The van der Waals surface area contributed by atoms with Gasteiger partial charge < -0.3 is 4.90 Å². The summed E-state index contributed by atoms with van der Waals surface area (Å²) in [4.78, 5) is 14.0. The standard InChI is InChI=1S/C21H28N2O3S/c1-14-11-17(4)21(18(5)12-14)27(25,26)22-9-10-23(19(6)24)20-8-7-15(2)16(3)13-20/h7-8,11-13,22H,9-10H2,1-6H3. The number of sulfonamides is 1. The van der Waals surface area contributed by atoms with Crippen LogP contribution in [0, 0.1) is 34.6 Å². The number of carbonyl (C=O) groups is 1. The smallest absolute Gasteiger partial charge is 0.241 e. The van der Waals surface area contributed by atoms with Crippen molar-refractivity contribution in [2.24, 2.45) is 0 Å². The fourth-order valence-corrected chi connectivity index (χ4v) is 4.79. The van der Waals surface area contributed by atoms with Crippen molar-refractivity contribution in [3.63, 3.8) is 0 Å². The molecule has 0 saturated heterocycles. The Labute approximate surface area is 162 Å². The third-order valence-electron chi connectivity index (χ3n) is 4.68. The van der Waals surface area contributed by atoms with E-state index in [1.54, 1.807) is 18.7 Å². The number of hydrogen-bond donors (Lipinski definition) is 1. The van der Waals surface area contributed by atoms with Crippen molar-refractivity contribution in [2.45, 2.75) is 46.4 Å². The molecule has 0 atom stereocenters. The van der Waals surface area contributed by atoms with E-state index in [-0.39, 0.29) is 19.0 Å². The molecule has 146 valence electrons. The van der Waals surface area contributed by atoms with Gasteiger partial charge in [-0.1, -0.05) is 23.8 Å². The van der Waals surface area contributed by atoms with Crippen LogP contribution in [-0.4, -0.2) is 27.4 Å². The van der Waals surface area contributed by atoms with Crippen molar-refractivity contribution in [2.75, 3.05) is 18.0 Å². The second-order valence-electron chi connectivity index (χ2n) is 7.06. The largest absolute Gasteiger partial charge is 0.311 e. The van der Waals surface area contributed by atoms with Gasteiger partial charge in [-0.05, 0) is 69.0 Å². The Hall–Kier alpha value is -2.18. The number of carbonyl (C=O) groups excluding carboxylic acids is 1. The van der Waals surface area contributed by atoms with Crippen LogP contribution in [0.25, 0.3) is 0 Å². The average Bonchev–Trinajstić information content (AvgIpc) is 2.52. The molecule has 0 aromatic heterocycles. The molecule has 0 heterocycles. The highest BCUT2D eigenvalue weighted by atomic mass is 32.2. The van der Waals surface area contributed by atoms with Gasteiger partial charge in [0.1, 0.15) is 0 Å². The first-order chi connectivity index (χ1) is 12.5. The minimum atomic E-state index is -3.64. The molecule has 2 rings (SSSR count). The van der Waals surface area contributed by atoms with Crippen molar-refractivity contribution < 1.29 is 13.2 Å². The number of hydrogen-bond acceptors (Lipinski definition) is 3. The van der Waals surface area contributed by atoms with Crippen LogP contribution in [0.15, 0.2) is 35.2 Å². The Balaban J connectivity index is 2.17. The Kier molecular flexibility index (Phi) is 6.44. The molecule has 1 N–H and O–H groups in total. The second-order valence-corrected chi connectivity index (χ2v) is 8.77. The summed E-state index contributed by atoms with van der Waals surface area (Å²) in [6.45, 7) is 11.4. The summed E-state index contributed by atoms with van der Waals surface area (Å²) in [5, 5.41) is 0. The molecule has 2 aromatic carbocycles. The summed E-state index contributed by atoms with van der Waals surface area (Å²) in [6, 6.07) is 9.51. The minimum absolute atomic E-state index is 0.125. The number of anilines is 1. The Morgan fingerprint density at radius 3 is 2.04 bits per heavy atom. The lowest BCUT2D eigenvalue weighted by atomic mass is 10.1. The number of nitrogens with zero attached hydrogens (tertiary/aromatic N) is 1. The molecule has 5 nitrogen and oxygen atoms in total. The second kappa shape index (κ2) is 8.23. The maximum atomic E-state index is 12.8. The van der Waals surface area contributed by atoms with Gasteiger partial charge in [-0.3, -0.25) is 4.79 Å². The number of aryl methyl sites for hydroxylation is 5. The van der Waals surface area contributed by atoms with E-state index < -0.39 is 10.0 Å². The first-order valence-electron chi connectivity index (χ1n) is 8.96. The molecule has 0 aliphatic rings. The van der Waals surface area contributed by atoms with Crippen LogP contribution < -0.4 is 9.62 Å². The quantitative estimate of drug-likeness (QED) is 0.823. The van der Waals surface area contributed by atoms with E-state index in [0.29, 0.717) is 4.90 Å². The first-order valence-corrected chi connectivity index (χ1v) is 10.4. The van der Waals surface area contributed by atoms with Crippen molar-refractivity contribution in [1.29, 1.82) is 0 Å². The third kappa shape index (κ3) is 4.96. The lowest BCUT2D eigenvalue weighted by Crippen LogP contribution is -2.38. The van der Waals surface area contributed by atoms with Gasteiger partial charge in [0.15, 0.2) is 0 Å². The number of amides is 1. The zero-order valence-corrected chi connectivity index (χ0v) is 17.7. The van der Waals surface area contributed by atoms with E-state index in [9.17, 15) is 13.2 Å². The molecule has 0 saturated carbocycles. The minimum Gasteiger partial charge on any atom is -0.311 e. The van der Waals surface area contributed by atoms with E-state index >= 15 is 0 Å². The van der Waals surface area contributed by atoms with Crippen molar-refractivity contribution in [3.05, 3.63) is 58.1 Å². The third-order valence-corrected chi connectivity index (χ3v) is 6.45. The Bertz CT molecular complexity index is 942. The monoisotopic (exact) mass is 388 g/mol. The molecule has 1 amide bonds. The van der Waals surface area contributed by atoms with E-state index in [1.165, 1.54) is 6.92 Å². The van der Waals surface area contributed by atoms with Crippen LogP contribution in [0.5, 0.6) is 0 Å². The molecular formula is C21H28N2O3S. The zero-order valence-electron chi connectivity index (χ0n) is 16.9. The predicted molar refractivity (Wildman–Crippen MR) is 110 cm³/mol. The summed E-state index contributed by atoms with van der Waals surface area (Å²) in [5.41, 5.74) is 5.47. The molecular weight excluding hydrogens is 360 g/mol. The highest BCUT2D eigenvalue weighted by Crippen LogP contribution is 2.22. The molecule has 0 spiro atoms. The van der Waals surface area contributed by atoms with Crippen LogP contribution >= 0.6 is 0 Å². The SMILES string of the molecule is CC(=O)N(CCNS(=O)(=O)c1c(C)cc(C)cc1C)c1ccc(C)c(C)c1. The highest BCUT2D eigenvalue weighted by molar-refractivity contribution is 7.89. The molecule has 0 bridgehead atoms. The van der Waals surface area contributed by atoms with Crippen molar-refractivity contribution >= 4 is 21.6 Å². The fraction of sp³-hybridized carbons (Fsp3) is 0.381. The Morgan fingerprint density at radius 2 is 1.52 bits per heavy atom. The van der Waals surface area contributed by atoms with Crippen molar-refractivity contribution in [3.8, 4) is 0 Å². The maximum absolute atomic E-state index is 12.8. The van der Waals surface area contributed by atoms with E-state index in [1.807, 2.05) is 51.1 Å². The predicted octanol–water partition coefficient (Wildman–Crippen LogP) is 3.56. The molecule has 0 radical (unpaired) electrons. The van der Waals surface area contributed by atoms with Crippen LogP contribution in [0.2, 0.25) is 0 Å². The van der Waals surface area contributed by atoms with Gasteiger partial charge in [0, 0.05) is 25.7 Å². The van der Waals surface area contributed by atoms with E-state index in [4.69, 9.17) is 0 Å². The van der Waals surface area contributed by atoms with Crippen molar-refractivity contribution in [1.82, 2.24) is 4.72 Å². The van der Waals surface area contributed by atoms with Gasteiger partial charge in [-0.15, -0.1) is 0 Å². The molecule has 0 aliphatic carbocycles. The van der Waals surface area contributed by atoms with Crippen LogP contribution in [-0.2, 0) is 14.8 Å². The summed E-state index contributed by atoms with van der Waals surface area (Å²) in [5.74, 6) is -0.125. The number of nitrogens with one attached hydrogen (secondary N) is 1. The average molecular weight is 389 g/mol. The van der Waals surface area contributed by atoms with Gasteiger partial charge in [0.2, 0.25) is 15.9 Å². The molecule has 0 fully saturated rings. The van der Waals surface area contributed by atoms with Crippen LogP contribution in [0.1, 0.15) is 34.7 Å². The maximum Gasteiger partial charge on any atom is 0.241 e. The first kappa shape index (κ1) is 21.1. The summed E-state index contributed by atoms with van der Waals surface area (Å²) >= 11 is 0. The summed E-state index contributed by atoms with van der Waals surface area (Å²) < 4.78 is 28.2. The Morgan fingerprint density at radius 1 is 0.926 bits per heavy atom. The number of benzene rings is 2. The van der Waals surface area contributed by atoms with Crippen LogP contribution in [0.4, 0.5) is 5.69 Å². The van der Waals surface area contributed by atoms with Gasteiger partial charge in [0.05, 0.1) is 4.90 Å². The van der Waals surface area contributed by atoms with Gasteiger partial charge in [-0.2, -0.15) is 0 Å². The van der Waals surface area contributed by atoms with E-state index in [0.717, 1.165) is 33.5 Å². The normalized spacial score (nSPS) is 11.5. The highest BCUT2D eigenvalue weighted by Gasteiger charge is 2.20. The lowest BCUT2D eigenvalue weighted by molar-refractivity contribution is -0.116. The molecule has 27 heavy (non-hydrogen) atoms. The molecule has 6 heteroatoms. The molecule has 0 aliphatic heterocycles. The van der Waals surface area contributed by atoms with E-state index in [2.05, 4.69) is 4.72 Å². The summed E-state index contributed by atoms with van der Waals surface area (Å²) in [6.07, 6.45) is 0. The molecule has 2 aromatic rings. The topological polar surface area (TPSA) is 66.5 Å². The van der Waals surface area contributed by atoms with Crippen LogP contribution in [0.3, 0.4) is 0 Å². The van der Waals surface area contributed by atoms with Gasteiger partial charge in [0.25, 0.3) is 0 Å². The fourth-order valence-electron chi connectivity index (χ4n) is 3.32. The zero-order chi connectivity index (χ0) is 20.4. The van der Waals surface area contributed by atoms with Gasteiger partial charge >= 0.3 is 0 Å². The summed E-state index contributed by atoms with van der Waals surface area (Å²) in [7, 11) is -3.64.